The van der Waals surface area contributed by atoms with Crippen LogP contribution in [0.3, 0.4) is 0 Å². The normalized spacial score (nSPS) is 16.3. The lowest BCUT2D eigenvalue weighted by molar-refractivity contribution is -0.121. The van der Waals surface area contributed by atoms with E-state index in [0.717, 1.165) is 37.1 Å². The van der Waals surface area contributed by atoms with E-state index >= 15 is 0 Å². The summed E-state index contributed by atoms with van der Waals surface area (Å²) in [6, 6.07) is 11.1. The molecule has 1 atom stereocenters. The van der Waals surface area contributed by atoms with Gasteiger partial charge in [-0.2, -0.15) is 0 Å². The zero-order chi connectivity index (χ0) is 21.3. The van der Waals surface area contributed by atoms with Gasteiger partial charge in [-0.1, -0.05) is 12.1 Å². The second kappa shape index (κ2) is 10.8. The van der Waals surface area contributed by atoms with Crippen LogP contribution in [0, 0.1) is 5.92 Å². The molecular formula is C23H30N2O5. The van der Waals surface area contributed by atoms with Crippen molar-refractivity contribution < 1.29 is 23.5 Å². The number of ether oxygens (including phenoxy) is 2. The molecule has 1 aliphatic heterocycles. The van der Waals surface area contributed by atoms with Gasteiger partial charge in [0.15, 0.2) is 5.76 Å². The van der Waals surface area contributed by atoms with Gasteiger partial charge in [0.25, 0.3) is 5.91 Å². The smallest absolute Gasteiger partial charge is 0.289 e. The van der Waals surface area contributed by atoms with Crippen LogP contribution in [0.15, 0.2) is 40.8 Å². The van der Waals surface area contributed by atoms with E-state index in [9.17, 15) is 9.59 Å². The molecule has 1 aromatic heterocycles. The van der Waals surface area contributed by atoms with Crippen LogP contribution in [0.4, 0.5) is 0 Å². The maximum atomic E-state index is 12.7. The van der Waals surface area contributed by atoms with Crippen molar-refractivity contribution in [1.29, 1.82) is 0 Å². The van der Waals surface area contributed by atoms with Crippen LogP contribution in [0.2, 0.25) is 0 Å². The molecule has 0 spiro atoms. The SMILES string of the molecule is COCc1ccc(C(=O)N2CCCC(CCC(=O)NCc3cccc(OC)c3)C2)o1. The summed E-state index contributed by atoms with van der Waals surface area (Å²) in [5, 5.41) is 2.96. The summed E-state index contributed by atoms with van der Waals surface area (Å²) >= 11 is 0. The molecule has 2 amide bonds. The number of rotatable bonds is 9. The lowest BCUT2D eigenvalue weighted by Crippen LogP contribution is -2.40. The number of likely N-dealkylation sites (tertiary alicyclic amines) is 1. The van der Waals surface area contributed by atoms with E-state index in [-0.39, 0.29) is 11.8 Å². The molecule has 1 fully saturated rings. The van der Waals surface area contributed by atoms with Crippen LogP contribution < -0.4 is 10.1 Å². The molecule has 30 heavy (non-hydrogen) atoms. The Hall–Kier alpha value is -2.80. The van der Waals surface area contributed by atoms with Crippen molar-refractivity contribution in [3.05, 3.63) is 53.5 Å². The third kappa shape index (κ3) is 6.10. The number of benzene rings is 1. The quantitative estimate of drug-likeness (QED) is 0.680. The van der Waals surface area contributed by atoms with Crippen LogP contribution in [-0.2, 0) is 22.7 Å². The molecule has 3 rings (SSSR count). The number of methoxy groups -OCH3 is 2. The maximum Gasteiger partial charge on any atom is 0.289 e. The van der Waals surface area contributed by atoms with E-state index in [0.29, 0.717) is 43.6 Å². The number of piperidine rings is 1. The Kier molecular flexibility index (Phi) is 7.90. The fourth-order valence-corrected chi connectivity index (χ4v) is 3.76. The average Bonchev–Trinajstić information content (AvgIpc) is 3.25. The van der Waals surface area contributed by atoms with E-state index < -0.39 is 0 Å². The highest BCUT2D eigenvalue weighted by Gasteiger charge is 2.26. The average molecular weight is 415 g/mol. The predicted molar refractivity (Wildman–Crippen MR) is 112 cm³/mol. The minimum atomic E-state index is -0.0930. The van der Waals surface area contributed by atoms with Crippen LogP contribution in [0.1, 0.15) is 47.6 Å². The summed E-state index contributed by atoms with van der Waals surface area (Å²) < 4.78 is 15.8. The van der Waals surface area contributed by atoms with E-state index in [1.165, 1.54) is 0 Å². The Balaban J connectivity index is 1.43. The number of carbonyl (C=O) groups is 2. The maximum absolute atomic E-state index is 12.7. The van der Waals surface area contributed by atoms with Gasteiger partial charge in [0.05, 0.1) is 7.11 Å². The summed E-state index contributed by atoms with van der Waals surface area (Å²) in [6.07, 6.45) is 3.18. The Bertz CT molecular complexity index is 848. The molecule has 0 saturated carbocycles. The van der Waals surface area contributed by atoms with Crippen LogP contribution >= 0.6 is 0 Å². The number of hydrogen-bond donors (Lipinski definition) is 1. The standard InChI is InChI=1S/C23H30N2O5/c1-28-16-20-9-10-21(30-20)23(27)25-12-4-6-17(15-25)8-11-22(26)24-14-18-5-3-7-19(13-18)29-2/h3,5,7,9-10,13,17H,4,6,8,11-12,14-16H2,1-2H3,(H,24,26). The molecule has 1 aliphatic rings. The van der Waals surface area contributed by atoms with Gasteiger partial charge in [0.2, 0.25) is 5.91 Å². The zero-order valence-electron chi connectivity index (χ0n) is 17.7. The Morgan fingerprint density at radius 1 is 1.23 bits per heavy atom. The van der Waals surface area contributed by atoms with Gasteiger partial charge in [0.1, 0.15) is 18.1 Å². The molecule has 0 radical (unpaired) electrons. The molecule has 7 nitrogen and oxygen atoms in total. The number of carbonyl (C=O) groups excluding carboxylic acids is 2. The van der Waals surface area contributed by atoms with Gasteiger partial charge in [-0.15, -0.1) is 0 Å². The first kappa shape index (κ1) is 21.9. The molecule has 2 aromatic rings. The summed E-state index contributed by atoms with van der Waals surface area (Å²) in [7, 11) is 3.21. The first-order valence-corrected chi connectivity index (χ1v) is 10.4. The van der Waals surface area contributed by atoms with E-state index in [1.807, 2.05) is 29.2 Å². The molecule has 162 valence electrons. The van der Waals surface area contributed by atoms with Gasteiger partial charge < -0.3 is 24.1 Å². The first-order valence-electron chi connectivity index (χ1n) is 10.4. The van der Waals surface area contributed by atoms with Crippen molar-refractivity contribution >= 4 is 11.8 Å². The molecule has 0 bridgehead atoms. The molecule has 1 N–H and O–H groups in total. The molecule has 1 aromatic carbocycles. The van der Waals surface area contributed by atoms with Crippen molar-refractivity contribution in [2.75, 3.05) is 27.3 Å². The van der Waals surface area contributed by atoms with E-state index in [4.69, 9.17) is 13.9 Å². The number of nitrogens with zero attached hydrogens (tertiary/aromatic N) is 1. The monoisotopic (exact) mass is 414 g/mol. The molecule has 0 aliphatic carbocycles. The Labute approximate surface area is 177 Å². The number of amides is 2. The van der Waals surface area contributed by atoms with Gasteiger partial charge in [0, 0.05) is 33.2 Å². The highest BCUT2D eigenvalue weighted by molar-refractivity contribution is 5.91. The molecular weight excluding hydrogens is 384 g/mol. The van der Waals surface area contributed by atoms with Gasteiger partial charge in [-0.3, -0.25) is 9.59 Å². The first-order chi connectivity index (χ1) is 14.6. The fraction of sp³-hybridized carbons (Fsp3) is 0.478. The third-order valence-corrected chi connectivity index (χ3v) is 5.37. The Morgan fingerprint density at radius 2 is 2.10 bits per heavy atom. The van der Waals surface area contributed by atoms with Gasteiger partial charge in [-0.25, -0.2) is 0 Å². The second-order valence-electron chi connectivity index (χ2n) is 7.63. The van der Waals surface area contributed by atoms with Gasteiger partial charge >= 0.3 is 0 Å². The van der Waals surface area contributed by atoms with E-state index in [1.54, 1.807) is 26.4 Å². The molecule has 1 unspecified atom stereocenters. The second-order valence-corrected chi connectivity index (χ2v) is 7.63. The van der Waals surface area contributed by atoms with Crippen LogP contribution in [-0.4, -0.2) is 44.0 Å². The lowest BCUT2D eigenvalue weighted by Gasteiger charge is -2.32. The van der Waals surface area contributed by atoms with Crippen molar-refractivity contribution in [3.8, 4) is 5.75 Å². The number of furan rings is 1. The number of hydrogen-bond acceptors (Lipinski definition) is 5. The van der Waals surface area contributed by atoms with Crippen molar-refractivity contribution in [2.45, 2.75) is 38.8 Å². The summed E-state index contributed by atoms with van der Waals surface area (Å²) in [5.41, 5.74) is 1.00. The highest BCUT2D eigenvalue weighted by atomic mass is 16.5. The minimum Gasteiger partial charge on any atom is -0.497 e. The predicted octanol–water partition coefficient (Wildman–Crippen LogP) is 3.38. The van der Waals surface area contributed by atoms with Crippen molar-refractivity contribution in [2.24, 2.45) is 5.92 Å². The summed E-state index contributed by atoms with van der Waals surface area (Å²) in [6.45, 7) is 2.20. The van der Waals surface area contributed by atoms with Crippen LogP contribution in [0.5, 0.6) is 5.75 Å². The highest BCUT2D eigenvalue weighted by Crippen LogP contribution is 2.23. The minimum absolute atomic E-state index is 0.0245. The summed E-state index contributed by atoms with van der Waals surface area (Å²) in [5.74, 6) is 2.01. The Morgan fingerprint density at radius 3 is 2.90 bits per heavy atom. The third-order valence-electron chi connectivity index (χ3n) is 5.37. The van der Waals surface area contributed by atoms with Crippen molar-refractivity contribution in [1.82, 2.24) is 10.2 Å². The topological polar surface area (TPSA) is 81.0 Å². The fourth-order valence-electron chi connectivity index (χ4n) is 3.76. The zero-order valence-corrected chi connectivity index (χ0v) is 17.7. The molecule has 2 heterocycles. The molecule has 1 saturated heterocycles. The number of nitrogens with one attached hydrogen (secondary N) is 1. The largest absolute Gasteiger partial charge is 0.497 e. The summed E-state index contributed by atoms with van der Waals surface area (Å²) in [4.78, 5) is 26.8. The molecule has 7 heteroatoms. The van der Waals surface area contributed by atoms with Crippen LogP contribution in [0.25, 0.3) is 0 Å². The van der Waals surface area contributed by atoms with Crippen molar-refractivity contribution in [3.63, 3.8) is 0 Å². The van der Waals surface area contributed by atoms with E-state index in [2.05, 4.69) is 5.32 Å². The van der Waals surface area contributed by atoms with Gasteiger partial charge in [-0.05, 0) is 55.0 Å². The lowest BCUT2D eigenvalue weighted by atomic mass is 9.93.